The van der Waals surface area contributed by atoms with Crippen molar-refractivity contribution >= 4 is 5.97 Å². The van der Waals surface area contributed by atoms with Crippen molar-refractivity contribution in [1.82, 2.24) is 0 Å². The second-order valence-electron chi connectivity index (χ2n) is 4.96. The summed E-state index contributed by atoms with van der Waals surface area (Å²) in [6.07, 6.45) is 5.03. The predicted molar refractivity (Wildman–Crippen MR) is 69.6 cm³/mol. The van der Waals surface area contributed by atoms with Crippen LogP contribution in [-0.2, 0) is 9.53 Å². The molecule has 0 amide bonds. The zero-order valence-electron chi connectivity index (χ0n) is 10.5. The SMILES string of the molecule is O=C(O)C(COCCC1CCC1)c1ccccc1. The molecule has 1 saturated carbocycles. The molecule has 1 unspecified atom stereocenters. The Morgan fingerprint density at radius 3 is 2.61 bits per heavy atom. The number of rotatable bonds is 7. The van der Waals surface area contributed by atoms with Gasteiger partial charge in [-0.3, -0.25) is 4.79 Å². The van der Waals surface area contributed by atoms with Crippen molar-refractivity contribution in [2.24, 2.45) is 5.92 Å². The van der Waals surface area contributed by atoms with E-state index in [-0.39, 0.29) is 6.61 Å². The lowest BCUT2D eigenvalue weighted by molar-refractivity contribution is -0.140. The van der Waals surface area contributed by atoms with E-state index in [2.05, 4.69) is 0 Å². The maximum absolute atomic E-state index is 11.2. The molecular formula is C15H20O3. The monoisotopic (exact) mass is 248 g/mol. The molecule has 1 aromatic carbocycles. The Bertz CT molecular complexity index is 371. The summed E-state index contributed by atoms with van der Waals surface area (Å²) in [7, 11) is 0. The zero-order chi connectivity index (χ0) is 12.8. The Labute approximate surface area is 108 Å². The molecule has 0 spiro atoms. The zero-order valence-corrected chi connectivity index (χ0v) is 10.5. The summed E-state index contributed by atoms with van der Waals surface area (Å²) in [4.78, 5) is 11.2. The van der Waals surface area contributed by atoms with Gasteiger partial charge in [-0.2, -0.15) is 0 Å². The molecule has 3 heteroatoms. The van der Waals surface area contributed by atoms with E-state index in [0.717, 1.165) is 17.9 Å². The van der Waals surface area contributed by atoms with Gasteiger partial charge in [-0.15, -0.1) is 0 Å². The predicted octanol–water partition coefficient (Wildman–Crippen LogP) is 3.06. The minimum atomic E-state index is -0.815. The highest BCUT2D eigenvalue weighted by Crippen LogP contribution is 2.29. The van der Waals surface area contributed by atoms with Gasteiger partial charge in [0.15, 0.2) is 0 Å². The Kier molecular flexibility index (Phi) is 4.76. The molecule has 98 valence electrons. The van der Waals surface area contributed by atoms with Gasteiger partial charge in [-0.05, 0) is 17.9 Å². The summed E-state index contributed by atoms with van der Waals surface area (Å²) in [6.45, 7) is 0.952. The quantitative estimate of drug-likeness (QED) is 0.754. The van der Waals surface area contributed by atoms with Crippen LogP contribution < -0.4 is 0 Å². The second kappa shape index (κ2) is 6.55. The number of ether oxygens (including phenoxy) is 1. The molecular weight excluding hydrogens is 228 g/mol. The highest BCUT2D eigenvalue weighted by molar-refractivity contribution is 5.76. The van der Waals surface area contributed by atoms with Crippen LogP contribution in [0.15, 0.2) is 30.3 Å². The van der Waals surface area contributed by atoms with Gasteiger partial charge in [0, 0.05) is 6.61 Å². The average molecular weight is 248 g/mol. The summed E-state index contributed by atoms with van der Waals surface area (Å²) in [5, 5.41) is 9.21. The van der Waals surface area contributed by atoms with Crippen LogP contribution in [0.2, 0.25) is 0 Å². The minimum Gasteiger partial charge on any atom is -0.481 e. The second-order valence-corrected chi connectivity index (χ2v) is 4.96. The highest BCUT2D eigenvalue weighted by Gasteiger charge is 2.21. The highest BCUT2D eigenvalue weighted by atomic mass is 16.5. The molecule has 18 heavy (non-hydrogen) atoms. The van der Waals surface area contributed by atoms with Crippen LogP contribution in [0, 0.1) is 5.92 Å². The topological polar surface area (TPSA) is 46.5 Å². The van der Waals surface area contributed by atoms with Crippen molar-refractivity contribution in [3.05, 3.63) is 35.9 Å². The molecule has 0 radical (unpaired) electrons. The first-order chi connectivity index (χ1) is 8.77. The van der Waals surface area contributed by atoms with Gasteiger partial charge < -0.3 is 9.84 Å². The molecule has 0 aromatic heterocycles. The summed E-state index contributed by atoms with van der Waals surface area (Å²) in [5.41, 5.74) is 0.814. The van der Waals surface area contributed by atoms with Crippen LogP contribution in [0.25, 0.3) is 0 Å². The molecule has 1 fully saturated rings. The number of carbonyl (C=O) groups is 1. The third-order valence-corrected chi connectivity index (χ3v) is 3.68. The van der Waals surface area contributed by atoms with Crippen molar-refractivity contribution in [2.45, 2.75) is 31.6 Å². The van der Waals surface area contributed by atoms with Gasteiger partial charge in [0.2, 0.25) is 0 Å². The van der Waals surface area contributed by atoms with Crippen LogP contribution in [0.4, 0.5) is 0 Å². The van der Waals surface area contributed by atoms with Crippen LogP contribution >= 0.6 is 0 Å². The van der Waals surface area contributed by atoms with Crippen molar-refractivity contribution in [3.8, 4) is 0 Å². The molecule has 2 rings (SSSR count). The number of carboxylic acid groups (broad SMARTS) is 1. The largest absolute Gasteiger partial charge is 0.481 e. The molecule has 1 N–H and O–H groups in total. The van der Waals surface area contributed by atoms with Gasteiger partial charge in [-0.1, -0.05) is 49.6 Å². The lowest BCUT2D eigenvalue weighted by Crippen LogP contribution is -2.19. The summed E-state index contributed by atoms with van der Waals surface area (Å²) < 4.78 is 5.54. The Balaban J connectivity index is 1.77. The summed E-state index contributed by atoms with van der Waals surface area (Å²) in [6, 6.07) is 9.29. The molecule has 0 bridgehead atoms. The van der Waals surface area contributed by atoms with E-state index < -0.39 is 11.9 Å². The van der Waals surface area contributed by atoms with Crippen molar-refractivity contribution in [2.75, 3.05) is 13.2 Å². The fourth-order valence-electron chi connectivity index (χ4n) is 2.23. The van der Waals surface area contributed by atoms with Gasteiger partial charge in [0.05, 0.1) is 6.61 Å². The van der Waals surface area contributed by atoms with Crippen molar-refractivity contribution < 1.29 is 14.6 Å². The van der Waals surface area contributed by atoms with E-state index in [4.69, 9.17) is 4.74 Å². The molecule has 1 aliphatic carbocycles. The Morgan fingerprint density at radius 1 is 1.33 bits per heavy atom. The van der Waals surface area contributed by atoms with Gasteiger partial charge in [0.25, 0.3) is 0 Å². The van der Waals surface area contributed by atoms with E-state index in [0.29, 0.717) is 6.61 Å². The number of hydrogen-bond donors (Lipinski definition) is 1. The number of carboxylic acids is 1. The van der Waals surface area contributed by atoms with E-state index in [9.17, 15) is 9.90 Å². The number of aliphatic carboxylic acids is 1. The average Bonchev–Trinajstić information content (AvgIpc) is 2.32. The first kappa shape index (κ1) is 13.1. The lowest BCUT2D eigenvalue weighted by atomic mass is 9.83. The van der Waals surface area contributed by atoms with Gasteiger partial charge >= 0.3 is 5.97 Å². The minimum absolute atomic E-state index is 0.270. The molecule has 1 aromatic rings. The molecule has 0 aliphatic heterocycles. The third kappa shape index (κ3) is 3.57. The van der Waals surface area contributed by atoms with E-state index in [1.165, 1.54) is 19.3 Å². The summed E-state index contributed by atoms with van der Waals surface area (Å²) in [5.74, 6) is -0.553. The smallest absolute Gasteiger partial charge is 0.313 e. The third-order valence-electron chi connectivity index (χ3n) is 3.68. The standard InChI is InChI=1S/C15H20O3/c16-15(17)14(13-7-2-1-3-8-13)11-18-10-9-12-5-4-6-12/h1-3,7-8,12,14H,4-6,9-11H2,(H,16,17). The molecule has 1 atom stereocenters. The number of benzene rings is 1. The van der Waals surface area contributed by atoms with E-state index in [1.807, 2.05) is 30.3 Å². The summed E-state index contributed by atoms with van der Waals surface area (Å²) >= 11 is 0. The van der Waals surface area contributed by atoms with Crippen LogP contribution in [0.1, 0.15) is 37.2 Å². The Morgan fingerprint density at radius 2 is 2.06 bits per heavy atom. The van der Waals surface area contributed by atoms with Crippen molar-refractivity contribution in [3.63, 3.8) is 0 Å². The normalized spacial score (nSPS) is 17.1. The van der Waals surface area contributed by atoms with Gasteiger partial charge in [-0.25, -0.2) is 0 Å². The molecule has 1 aliphatic rings. The van der Waals surface area contributed by atoms with Crippen LogP contribution in [-0.4, -0.2) is 24.3 Å². The first-order valence-electron chi connectivity index (χ1n) is 6.63. The molecule has 3 nitrogen and oxygen atoms in total. The lowest BCUT2D eigenvalue weighted by Gasteiger charge is -2.25. The maximum Gasteiger partial charge on any atom is 0.313 e. The van der Waals surface area contributed by atoms with Crippen LogP contribution in [0.3, 0.4) is 0 Å². The Hall–Kier alpha value is -1.35. The van der Waals surface area contributed by atoms with Crippen molar-refractivity contribution in [1.29, 1.82) is 0 Å². The van der Waals surface area contributed by atoms with Gasteiger partial charge in [0.1, 0.15) is 5.92 Å². The van der Waals surface area contributed by atoms with E-state index in [1.54, 1.807) is 0 Å². The fourth-order valence-corrected chi connectivity index (χ4v) is 2.23. The molecule has 0 saturated heterocycles. The maximum atomic E-state index is 11.2. The van der Waals surface area contributed by atoms with E-state index >= 15 is 0 Å². The fraction of sp³-hybridized carbons (Fsp3) is 0.533. The molecule has 0 heterocycles. The van der Waals surface area contributed by atoms with Crippen LogP contribution in [0.5, 0.6) is 0 Å². The first-order valence-corrected chi connectivity index (χ1v) is 6.63. The number of hydrogen-bond acceptors (Lipinski definition) is 2.